The maximum atomic E-state index is 6.04. The van der Waals surface area contributed by atoms with Gasteiger partial charge >= 0.3 is 0 Å². The van der Waals surface area contributed by atoms with Crippen LogP contribution in [0.15, 0.2) is 48.5 Å². The molecule has 0 aromatic heterocycles. The number of ether oxygens (including phenoxy) is 1. The zero-order chi connectivity index (χ0) is 13.4. The minimum Gasteiger partial charge on any atom is -0.489 e. The molecule has 96 valence electrons. The van der Waals surface area contributed by atoms with Crippen LogP contribution in [0.1, 0.15) is 25.0 Å². The van der Waals surface area contributed by atoms with Crippen molar-refractivity contribution in [3.63, 3.8) is 0 Å². The molecule has 0 aliphatic rings. The third kappa shape index (κ3) is 4.42. The van der Waals surface area contributed by atoms with Crippen LogP contribution in [0, 0.1) is 6.92 Å². The van der Waals surface area contributed by atoms with Crippen LogP contribution < -0.4 is 4.74 Å². The second-order valence-corrected chi connectivity index (χ2v) is 4.10. The predicted octanol–water partition coefficient (Wildman–Crippen LogP) is 5.25. The third-order valence-corrected chi connectivity index (χ3v) is 2.71. The van der Waals surface area contributed by atoms with Crippen LogP contribution >= 0.6 is 11.6 Å². The molecule has 2 heteroatoms. The molecule has 2 aromatic carbocycles. The van der Waals surface area contributed by atoms with E-state index in [2.05, 4.69) is 0 Å². The van der Waals surface area contributed by atoms with E-state index in [1.54, 1.807) is 0 Å². The van der Waals surface area contributed by atoms with Crippen molar-refractivity contribution >= 4 is 11.6 Å². The number of hydrogen-bond acceptors (Lipinski definition) is 1. The topological polar surface area (TPSA) is 9.23 Å². The van der Waals surface area contributed by atoms with E-state index >= 15 is 0 Å². The van der Waals surface area contributed by atoms with Crippen molar-refractivity contribution in [2.45, 2.75) is 27.4 Å². The zero-order valence-electron chi connectivity index (χ0n) is 11.1. The Morgan fingerprint density at radius 2 is 1.72 bits per heavy atom. The van der Waals surface area contributed by atoms with Crippen molar-refractivity contribution in [2.75, 3.05) is 0 Å². The van der Waals surface area contributed by atoms with E-state index < -0.39 is 0 Å². The largest absolute Gasteiger partial charge is 0.489 e. The molecule has 1 nitrogen and oxygen atoms in total. The first-order valence-electron chi connectivity index (χ1n) is 6.18. The van der Waals surface area contributed by atoms with Crippen molar-refractivity contribution in [3.8, 4) is 5.75 Å². The summed E-state index contributed by atoms with van der Waals surface area (Å²) in [4.78, 5) is 0. The number of benzene rings is 2. The minimum absolute atomic E-state index is 0.503. The van der Waals surface area contributed by atoms with Crippen LogP contribution in [0.2, 0.25) is 5.02 Å². The van der Waals surface area contributed by atoms with E-state index in [0.717, 1.165) is 16.3 Å². The van der Waals surface area contributed by atoms with Crippen LogP contribution in [0.3, 0.4) is 0 Å². The van der Waals surface area contributed by atoms with Gasteiger partial charge in [-0.15, -0.1) is 0 Å². The van der Waals surface area contributed by atoms with E-state index in [4.69, 9.17) is 16.3 Å². The normalized spacial score (nSPS) is 9.33. The number of rotatable bonds is 3. The number of halogens is 1. The number of hydrogen-bond donors (Lipinski definition) is 0. The Balaban J connectivity index is 0.000000771. The standard InChI is InChI=1S/C14H13ClO.C2H6/c1-11-5-4-7-13(9-11)16-10-12-6-2-3-8-14(12)15;1-2/h2-9H,10H2,1H3;1-2H3. The zero-order valence-corrected chi connectivity index (χ0v) is 11.9. The summed E-state index contributed by atoms with van der Waals surface area (Å²) in [5.74, 6) is 0.875. The van der Waals surface area contributed by atoms with Crippen LogP contribution in [0.25, 0.3) is 0 Å². The van der Waals surface area contributed by atoms with Crippen molar-refractivity contribution < 1.29 is 4.74 Å². The second kappa shape index (κ2) is 7.78. The van der Waals surface area contributed by atoms with Gasteiger partial charge in [-0.05, 0) is 30.7 Å². The summed E-state index contributed by atoms with van der Waals surface area (Å²) in [6.45, 7) is 6.55. The molecule has 0 saturated carbocycles. The Kier molecular flexibility index (Phi) is 6.31. The van der Waals surface area contributed by atoms with Crippen molar-refractivity contribution in [1.29, 1.82) is 0 Å². The molecule has 18 heavy (non-hydrogen) atoms. The lowest BCUT2D eigenvalue weighted by Crippen LogP contribution is -1.96. The molecule has 0 fully saturated rings. The Bertz CT molecular complexity index is 480. The lowest BCUT2D eigenvalue weighted by atomic mass is 10.2. The van der Waals surface area contributed by atoms with E-state index in [1.165, 1.54) is 5.56 Å². The van der Waals surface area contributed by atoms with Gasteiger partial charge in [0.25, 0.3) is 0 Å². The number of aryl methyl sites for hydroxylation is 1. The summed E-state index contributed by atoms with van der Waals surface area (Å²) in [6, 6.07) is 15.7. The molecule has 0 aliphatic heterocycles. The van der Waals surface area contributed by atoms with Gasteiger partial charge in [-0.3, -0.25) is 0 Å². The SMILES string of the molecule is CC.Cc1cccc(OCc2ccccc2Cl)c1. The highest BCUT2D eigenvalue weighted by Gasteiger charge is 2.00. The van der Waals surface area contributed by atoms with Gasteiger partial charge in [0.05, 0.1) is 0 Å². The van der Waals surface area contributed by atoms with Gasteiger partial charge in [0.15, 0.2) is 0 Å². The molecule has 2 aromatic rings. The fraction of sp³-hybridized carbons (Fsp3) is 0.250. The average Bonchev–Trinajstić information content (AvgIpc) is 2.40. The molecule has 0 bridgehead atoms. The van der Waals surface area contributed by atoms with Gasteiger partial charge < -0.3 is 4.74 Å². The molecule has 0 spiro atoms. The maximum Gasteiger partial charge on any atom is 0.120 e. The molecule has 0 radical (unpaired) electrons. The Hall–Kier alpha value is -1.47. The quantitative estimate of drug-likeness (QED) is 0.734. The first kappa shape index (κ1) is 14.6. The molecule has 0 aliphatic carbocycles. The third-order valence-electron chi connectivity index (χ3n) is 2.34. The summed E-state index contributed by atoms with van der Waals surface area (Å²) in [5.41, 5.74) is 2.20. The van der Waals surface area contributed by atoms with E-state index in [-0.39, 0.29) is 0 Å². The predicted molar refractivity (Wildman–Crippen MR) is 78.3 cm³/mol. The van der Waals surface area contributed by atoms with Gasteiger partial charge in [0, 0.05) is 10.6 Å². The summed E-state index contributed by atoms with van der Waals surface area (Å²) in [6.07, 6.45) is 0. The molecule has 0 unspecified atom stereocenters. The second-order valence-electron chi connectivity index (χ2n) is 3.70. The molecule has 0 saturated heterocycles. The summed E-state index contributed by atoms with van der Waals surface area (Å²) in [7, 11) is 0. The van der Waals surface area contributed by atoms with Gasteiger partial charge in [-0.2, -0.15) is 0 Å². The molecule has 0 heterocycles. The molecular weight excluding hydrogens is 244 g/mol. The highest BCUT2D eigenvalue weighted by molar-refractivity contribution is 6.31. The molecule has 2 rings (SSSR count). The van der Waals surface area contributed by atoms with Gasteiger partial charge in [-0.1, -0.05) is 55.8 Å². The van der Waals surface area contributed by atoms with Crippen LogP contribution in [0.5, 0.6) is 5.75 Å². The fourth-order valence-electron chi connectivity index (χ4n) is 1.48. The maximum absolute atomic E-state index is 6.04. The van der Waals surface area contributed by atoms with Crippen molar-refractivity contribution in [3.05, 3.63) is 64.7 Å². The van der Waals surface area contributed by atoms with E-state index in [9.17, 15) is 0 Å². The Labute approximate surface area is 114 Å². The van der Waals surface area contributed by atoms with E-state index in [1.807, 2.05) is 69.3 Å². The highest BCUT2D eigenvalue weighted by Crippen LogP contribution is 2.18. The first-order chi connectivity index (χ1) is 8.75. The fourth-order valence-corrected chi connectivity index (χ4v) is 1.67. The van der Waals surface area contributed by atoms with E-state index in [0.29, 0.717) is 6.61 Å². The van der Waals surface area contributed by atoms with Gasteiger partial charge in [0.1, 0.15) is 12.4 Å². The van der Waals surface area contributed by atoms with Crippen LogP contribution in [0.4, 0.5) is 0 Å². The van der Waals surface area contributed by atoms with Gasteiger partial charge in [0.2, 0.25) is 0 Å². The van der Waals surface area contributed by atoms with Gasteiger partial charge in [-0.25, -0.2) is 0 Å². The summed E-state index contributed by atoms with van der Waals surface area (Å²) >= 11 is 6.04. The highest BCUT2D eigenvalue weighted by atomic mass is 35.5. The van der Waals surface area contributed by atoms with Crippen molar-refractivity contribution in [2.24, 2.45) is 0 Å². The van der Waals surface area contributed by atoms with Crippen molar-refractivity contribution in [1.82, 2.24) is 0 Å². The Morgan fingerprint density at radius 1 is 1.00 bits per heavy atom. The lowest BCUT2D eigenvalue weighted by molar-refractivity contribution is 0.306. The molecule has 0 atom stereocenters. The lowest BCUT2D eigenvalue weighted by Gasteiger charge is -2.08. The van der Waals surface area contributed by atoms with Crippen LogP contribution in [-0.2, 0) is 6.61 Å². The Morgan fingerprint density at radius 3 is 2.39 bits per heavy atom. The summed E-state index contributed by atoms with van der Waals surface area (Å²) in [5, 5.41) is 0.746. The molecule has 0 N–H and O–H groups in total. The summed E-state index contributed by atoms with van der Waals surface area (Å²) < 4.78 is 5.67. The minimum atomic E-state index is 0.503. The molecular formula is C16H19ClO. The first-order valence-corrected chi connectivity index (χ1v) is 6.56. The average molecular weight is 263 g/mol. The van der Waals surface area contributed by atoms with Crippen LogP contribution in [-0.4, -0.2) is 0 Å². The smallest absolute Gasteiger partial charge is 0.120 e. The monoisotopic (exact) mass is 262 g/mol. The molecule has 0 amide bonds.